The molecule has 0 amide bonds. The van der Waals surface area contributed by atoms with E-state index in [0.717, 1.165) is 0 Å². The highest BCUT2D eigenvalue weighted by molar-refractivity contribution is 4.76. The zero-order valence-corrected chi connectivity index (χ0v) is 6.97. The van der Waals surface area contributed by atoms with Crippen molar-refractivity contribution in [2.75, 3.05) is 0 Å². The highest BCUT2D eigenvalue weighted by Gasteiger charge is 1.83. The van der Waals surface area contributed by atoms with Gasteiger partial charge in [0.1, 0.15) is 0 Å². The van der Waals surface area contributed by atoms with E-state index in [9.17, 15) is 0 Å². The lowest BCUT2D eigenvalue weighted by atomic mass is 10.1. The van der Waals surface area contributed by atoms with Gasteiger partial charge in [-0.3, -0.25) is 0 Å². The van der Waals surface area contributed by atoms with E-state index in [-0.39, 0.29) is 0 Å². The van der Waals surface area contributed by atoms with Gasteiger partial charge in [-0.1, -0.05) is 24.6 Å². The lowest BCUT2D eigenvalue weighted by molar-refractivity contribution is 0.696. The molecule has 0 N–H and O–H groups in total. The summed E-state index contributed by atoms with van der Waals surface area (Å²) in [5.41, 5.74) is 0. The summed E-state index contributed by atoms with van der Waals surface area (Å²) >= 11 is 0. The molecule has 0 fully saturated rings. The van der Waals surface area contributed by atoms with Gasteiger partial charge in [0.15, 0.2) is 0 Å². The van der Waals surface area contributed by atoms with E-state index in [1.807, 2.05) is 6.08 Å². The van der Waals surface area contributed by atoms with Crippen LogP contribution in [0, 0.1) is 0 Å². The Morgan fingerprint density at radius 2 is 1.80 bits per heavy atom. The number of allylic oxidation sites excluding steroid dienone is 3. The molecule has 0 saturated carbocycles. The maximum absolute atomic E-state index is 3.68. The number of rotatable bonds is 6. The molecule has 0 unspecified atom stereocenters. The molecule has 0 aliphatic rings. The Bertz CT molecular complexity index is 90.2. The summed E-state index contributed by atoms with van der Waals surface area (Å²) in [5.74, 6) is 0. The normalized spacial score (nSPS) is 10.5. The van der Waals surface area contributed by atoms with Gasteiger partial charge in [-0.25, -0.2) is 0 Å². The minimum atomic E-state index is 1.18. The Hall–Kier alpha value is -0.520. The molecule has 0 rings (SSSR count). The van der Waals surface area contributed by atoms with Crippen LogP contribution in [0.25, 0.3) is 0 Å². The van der Waals surface area contributed by atoms with Gasteiger partial charge in [-0.2, -0.15) is 0 Å². The zero-order chi connectivity index (χ0) is 7.66. The van der Waals surface area contributed by atoms with Gasteiger partial charge >= 0.3 is 0 Å². The van der Waals surface area contributed by atoms with Crippen LogP contribution in [0.4, 0.5) is 0 Å². The predicted molar refractivity (Wildman–Crippen MR) is 48.1 cm³/mol. The second kappa shape index (κ2) is 8.48. The molecular weight excluding hydrogens is 120 g/mol. The van der Waals surface area contributed by atoms with E-state index in [1.54, 1.807) is 0 Å². The molecule has 0 aromatic heterocycles. The van der Waals surface area contributed by atoms with Crippen molar-refractivity contribution in [3.05, 3.63) is 24.8 Å². The predicted octanol–water partition coefficient (Wildman–Crippen LogP) is 3.70. The Morgan fingerprint density at radius 3 is 2.40 bits per heavy atom. The third kappa shape index (κ3) is 7.48. The number of unbranched alkanes of at least 4 members (excludes halogenated alkanes) is 4. The molecule has 0 saturated heterocycles. The molecule has 58 valence electrons. The van der Waals surface area contributed by atoms with Crippen molar-refractivity contribution in [2.24, 2.45) is 0 Å². The second-order valence-corrected chi connectivity index (χ2v) is 2.50. The van der Waals surface area contributed by atoms with E-state index in [2.05, 4.69) is 25.7 Å². The smallest absolute Gasteiger partial charge is 0.0351 e. The molecule has 0 heteroatoms. The summed E-state index contributed by atoms with van der Waals surface area (Å²) in [6.45, 7) is 5.75. The first kappa shape index (κ1) is 9.48. The van der Waals surface area contributed by atoms with Gasteiger partial charge in [0, 0.05) is 0 Å². The van der Waals surface area contributed by atoms with Crippen molar-refractivity contribution in [1.29, 1.82) is 0 Å². The van der Waals surface area contributed by atoms with E-state index in [4.69, 9.17) is 0 Å². The fourth-order valence-corrected chi connectivity index (χ4v) is 0.894. The molecule has 0 aliphatic carbocycles. The van der Waals surface area contributed by atoms with Crippen LogP contribution in [0.5, 0.6) is 0 Å². The first-order valence-corrected chi connectivity index (χ1v) is 4.14. The Kier molecular flexibility index (Phi) is 8.04. The van der Waals surface area contributed by atoms with Crippen LogP contribution in [0.2, 0.25) is 0 Å². The molecule has 10 heavy (non-hydrogen) atoms. The van der Waals surface area contributed by atoms with Crippen molar-refractivity contribution in [3.8, 4) is 0 Å². The quantitative estimate of drug-likeness (QED) is 0.388. The van der Waals surface area contributed by atoms with Crippen LogP contribution in [-0.2, 0) is 0 Å². The summed E-state index contributed by atoms with van der Waals surface area (Å²) < 4.78 is 0. The summed E-state index contributed by atoms with van der Waals surface area (Å²) in [4.78, 5) is 0. The monoisotopic (exact) mass is 138 g/mol. The lowest BCUT2D eigenvalue weighted by Gasteiger charge is -1.93. The van der Waals surface area contributed by atoms with Crippen LogP contribution in [-0.4, -0.2) is 0 Å². The SMILES string of the molecule is C=CCCCCC/C=C/C. The second-order valence-electron chi connectivity index (χ2n) is 2.50. The molecular formula is C10H18. The summed E-state index contributed by atoms with van der Waals surface area (Å²) in [6.07, 6.45) is 12.7. The lowest BCUT2D eigenvalue weighted by Crippen LogP contribution is -1.73. The van der Waals surface area contributed by atoms with Crippen LogP contribution in [0.1, 0.15) is 39.0 Å². The third-order valence-corrected chi connectivity index (χ3v) is 1.51. The Labute approximate surface area is 64.6 Å². The molecule has 0 nitrogen and oxygen atoms in total. The number of hydrogen-bond acceptors (Lipinski definition) is 0. The molecule has 0 atom stereocenters. The van der Waals surface area contributed by atoms with Gasteiger partial charge < -0.3 is 0 Å². The van der Waals surface area contributed by atoms with E-state index in [1.165, 1.54) is 32.1 Å². The van der Waals surface area contributed by atoms with Crippen LogP contribution in [0.15, 0.2) is 24.8 Å². The van der Waals surface area contributed by atoms with Crippen molar-refractivity contribution in [3.63, 3.8) is 0 Å². The van der Waals surface area contributed by atoms with Gasteiger partial charge in [0.25, 0.3) is 0 Å². The topological polar surface area (TPSA) is 0 Å². The van der Waals surface area contributed by atoms with Crippen molar-refractivity contribution in [1.82, 2.24) is 0 Å². The maximum atomic E-state index is 3.68. The minimum absolute atomic E-state index is 1.18. The van der Waals surface area contributed by atoms with Crippen LogP contribution >= 0.6 is 0 Å². The van der Waals surface area contributed by atoms with Crippen molar-refractivity contribution >= 4 is 0 Å². The average molecular weight is 138 g/mol. The number of hydrogen-bond donors (Lipinski definition) is 0. The Balaban J connectivity index is 2.83. The van der Waals surface area contributed by atoms with Gasteiger partial charge in [-0.05, 0) is 32.6 Å². The van der Waals surface area contributed by atoms with E-state index < -0.39 is 0 Å². The highest BCUT2D eigenvalue weighted by Crippen LogP contribution is 2.03. The fraction of sp³-hybridized carbons (Fsp3) is 0.600. The fourth-order valence-electron chi connectivity index (χ4n) is 0.894. The molecule has 0 aromatic carbocycles. The molecule has 0 aliphatic heterocycles. The average Bonchev–Trinajstić information content (AvgIpc) is 1.97. The first-order chi connectivity index (χ1) is 4.91. The Morgan fingerprint density at radius 1 is 1.10 bits per heavy atom. The molecule has 0 spiro atoms. The zero-order valence-electron chi connectivity index (χ0n) is 6.97. The van der Waals surface area contributed by atoms with Gasteiger partial charge in [0.05, 0.1) is 0 Å². The maximum Gasteiger partial charge on any atom is -0.0351 e. The first-order valence-electron chi connectivity index (χ1n) is 4.14. The van der Waals surface area contributed by atoms with Crippen molar-refractivity contribution in [2.45, 2.75) is 39.0 Å². The van der Waals surface area contributed by atoms with Gasteiger partial charge in [0.2, 0.25) is 0 Å². The molecule has 0 radical (unpaired) electrons. The highest BCUT2D eigenvalue weighted by atomic mass is 13.9. The molecule has 0 aromatic rings. The summed E-state index contributed by atoms with van der Waals surface area (Å²) in [6, 6.07) is 0. The van der Waals surface area contributed by atoms with Gasteiger partial charge in [-0.15, -0.1) is 6.58 Å². The van der Waals surface area contributed by atoms with Crippen LogP contribution < -0.4 is 0 Å². The summed E-state index contributed by atoms with van der Waals surface area (Å²) in [7, 11) is 0. The molecule has 0 heterocycles. The van der Waals surface area contributed by atoms with Crippen LogP contribution in [0.3, 0.4) is 0 Å². The van der Waals surface area contributed by atoms with Crippen molar-refractivity contribution < 1.29 is 0 Å². The molecule has 0 bridgehead atoms. The summed E-state index contributed by atoms with van der Waals surface area (Å²) in [5, 5.41) is 0. The standard InChI is InChI=1S/C10H18/c1-3-5-7-9-10-8-6-4-2/h3-4,6H,1,5,7-10H2,2H3/b6-4+. The van der Waals surface area contributed by atoms with E-state index in [0.29, 0.717) is 0 Å². The third-order valence-electron chi connectivity index (χ3n) is 1.51. The minimum Gasteiger partial charge on any atom is -0.103 e. The largest absolute Gasteiger partial charge is 0.103 e. The van der Waals surface area contributed by atoms with E-state index >= 15 is 0 Å².